The van der Waals surface area contributed by atoms with Gasteiger partial charge in [-0.05, 0) is 38.0 Å². The van der Waals surface area contributed by atoms with Crippen molar-refractivity contribution < 1.29 is 17.9 Å². The minimum Gasteiger partial charge on any atom is -0.378 e. The largest absolute Gasteiger partial charge is 0.378 e. The lowest BCUT2D eigenvalue weighted by Crippen LogP contribution is -2.48. The van der Waals surface area contributed by atoms with Crippen LogP contribution in [0.1, 0.15) is 37.8 Å². The highest BCUT2D eigenvalue weighted by Gasteiger charge is 2.39. The molecule has 3 aliphatic rings. The van der Waals surface area contributed by atoms with Crippen molar-refractivity contribution in [1.82, 2.24) is 24.5 Å². The number of alkyl halides is 3. The number of rotatable bonds is 8. The van der Waals surface area contributed by atoms with Crippen LogP contribution in [0.3, 0.4) is 0 Å². The summed E-state index contributed by atoms with van der Waals surface area (Å²) in [4.78, 5) is 16.3. The fourth-order valence-corrected chi connectivity index (χ4v) is 5.58. The smallest absolute Gasteiger partial charge is 0.243 e. The molecule has 3 aromatic heterocycles. The van der Waals surface area contributed by atoms with E-state index in [2.05, 4.69) is 30.6 Å². The summed E-state index contributed by atoms with van der Waals surface area (Å²) in [5, 5.41) is 10.9. The molecule has 0 aromatic carbocycles. The Labute approximate surface area is 218 Å². The second-order valence-electron chi connectivity index (χ2n) is 10.3. The summed E-state index contributed by atoms with van der Waals surface area (Å²) >= 11 is 0. The van der Waals surface area contributed by atoms with Crippen LogP contribution < -0.4 is 10.6 Å². The van der Waals surface area contributed by atoms with E-state index in [-0.39, 0.29) is 18.4 Å². The third kappa shape index (κ3) is 4.71. The number of nitrogens with zero attached hydrogens (tertiary/aromatic N) is 6. The van der Waals surface area contributed by atoms with Crippen molar-refractivity contribution >= 4 is 28.7 Å². The Morgan fingerprint density at radius 2 is 2.00 bits per heavy atom. The molecule has 3 aliphatic heterocycles. The number of nitrogens with one attached hydrogen (secondary N) is 2. The molecule has 3 atom stereocenters. The van der Waals surface area contributed by atoms with Gasteiger partial charge in [0, 0.05) is 49.9 Å². The van der Waals surface area contributed by atoms with E-state index in [9.17, 15) is 13.2 Å². The lowest BCUT2D eigenvalue weighted by molar-refractivity contribution is -0.0585. The normalized spacial score (nSPS) is 23.9. The third-order valence-electron chi connectivity index (χ3n) is 7.63. The van der Waals surface area contributed by atoms with Crippen molar-refractivity contribution in [2.45, 2.75) is 56.8 Å². The molecule has 9 nitrogen and oxygen atoms in total. The average molecular weight is 529 g/mol. The molecule has 0 bridgehead atoms. The van der Waals surface area contributed by atoms with Crippen molar-refractivity contribution in [3.63, 3.8) is 0 Å². The number of halogens is 3. The lowest BCUT2D eigenvalue weighted by Gasteiger charge is -2.34. The fourth-order valence-electron chi connectivity index (χ4n) is 5.58. The molecular weight excluding hydrogens is 497 g/mol. The monoisotopic (exact) mass is 528 g/mol. The SMILES string of the molecule is CNc1nc(N[C@@H]2CN(C3COC3)C[C@@H]2F)nn2ccc(-c3ccc4c(n3)C(CCC(F)F)CC(C)=N4)c12. The number of aliphatic imine (C=N–C) groups is 1. The molecular formula is C26H31F3N8O. The molecule has 2 N–H and O–H groups in total. The predicted octanol–water partition coefficient (Wildman–Crippen LogP) is 4.29. The van der Waals surface area contributed by atoms with Gasteiger partial charge in [0.25, 0.3) is 0 Å². The molecule has 0 radical (unpaired) electrons. The predicted molar refractivity (Wildman–Crippen MR) is 140 cm³/mol. The number of hydrogen-bond donors (Lipinski definition) is 2. The lowest BCUT2D eigenvalue weighted by atomic mass is 9.89. The molecule has 6 heterocycles. The van der Waals surface area contributed by atoms with E-state index in [0.717, 1.165) is 28.2 Å². The van der Waals surface area contributed by atoms with Gasteiger partial charge in [0.05, 0.1) is 42.4 Å². The summed E-state index contributed by atoms with van der Waals surface area (Å²) in [6.45, 7) is 4.15. The van der Waals surface area contributed by atoms with Gasteiger partial charge in [-0.3, -0.25) is 14.9 Å². The van der Waals surface area contributed by atoms with Crippen molar-refractivity contribution in [2.75, 3.05) is 44.0 Å². The zero-order valence-electron chi connectivity index (χ0n) is 21.4. The van der Waals surface area contributed by atoms with E-state index in [4.69, 9.17) is 9.72 Å². The first kappa shape index (κ1) is 25.1. The summed E-state index contributed by atoms with van der Waals surface area (Å²) in [5.74, 6) is 0.800. The number of fused-ring (bicyclic) bond motifs is 2. The van der Waals surface area contributed by atoms with Gasteiger partial charge in [-0.25, -0.2) is 17.7 Å². The number of ether oxygens (including phenoxy) is 1. The number of likely N-dealkylation sites (tertiary alicyclic amines) is 1. The van der Waals surface area contributed by atoms with E-state index in [1.165, 1.54) is 0 Å². The van der Waals surface area contributed by atoms with Gasteiger partial charge in [0.2, 0.25) is 12.4 Å². The maximum atomic E-state index is 14.8. The van der Waals surface area contributed by atoms with Crippen LogP contribution in [0.5, 0.6) is 0 Å². The molecule has 0 spiro atoms. The zero-order chi connectivity index (χ0) is 26.4. The molecule has 2 saturated heterocycles. The van der Waals surface area contributed by atoms with Crippen LogP contribution in [0.15, 0.2) is 29.4 Å². The minimum absolute atomic E-state index is 0.104. The number of aromatic nitrogens is 4. The zero-order valence-corrected chi connectivity index (χ0v) is 21.4. The van der Waals surface area contributed by atoms with Crippen LogP contribution in [0.25, 0.3) is 16.8 Å². The first-order valence-corrected chi connectivity index (χ1v) is 13.0. The number of anilines is 2. The first-order valence-electron chi connectivity index (χ1n) is 13.0. The summed E-state index contributed by atoms with van der Waals surface area (Å²) < 4.78 is 47.7. The Morgan fingerprint density at radius 3 is 2.74 bits per heavy atom. The van der Waals surface area contributed by atoms with Gasteiger partial charge in [-0.15, -0.1) is 5.10 Å². The quantitative estimate of drug-likeness (QED) is 0.451. The van der Waals surface area contributed by atoms with Crippen molar-refractivity contribution in [3.8, 4) is 11.3 Å². The summed E-state index contributed by atoms with van der Waals surface area (Å²) in [5.41, 5.74) is 4.63. The van der Waals surface area contributed by atoms with Crippen LogP contribution in [-0.4, -0.2) is 88.2 Å². The highest BCUT2D eigenvalue weighted by Crippen LogP contribution is 2.39. The Bertz CT molecular complexity index is 1360. The standard InChI is InChI=1S/C26H31F3N8O/c1-14-9-15(3-6-22(28)29)23-20(31-14)5-4-19(32-23)17-7-8-37-24(17)25(30-2)34-26(35-37)33-21-11-36(10-18(21)27)16-12-38-13-16/h4-5,7-8,15-16,18,21-22H,3,6,9-13H2,1-2H3,(H2,30,33,34,35)/t15?,18-,21+/m0/s1. The van der Waals surface area contributed by atoms with Crippen LogP contribution in [0.2, 0.25) is 0 Å². The van der Waals surface area contributed by atoms with Gasteiger partial charge in [-0.2, -0.15) is 4.98 Å². The van der Waals surface area contributed by atoms with Gasteiger partial charge >= 0.3 is 0 Å². The van der Waals surface area contributed by atoms with Gasteiger partial charge < -0.3 is 15.4 Å². The maximum Gasteiger partial charge on any atom is 0.243 e. The third-order valence-corrected chi connectivity index (χ3v) is 7.63. The molecule has 3 aromatic rings. The molecule has 0 saturated carbocycles. The van der Waals surface area contributed by atoms with E-state index in [0.29, 0.717) is 56.6 Å². The Kier molecular flexibility index (Phi) is 6.68. The second kappa shape index (κ2) is 10.1. The molecule has 2 fully saturated rings. The topological polar surface area (TPSA) is 92.0 Å². The molecule has 202 valence electrons. The highest BCUT2D eigenvalue weighted by molar-refractivity contribution is 5.90. The van der Waals surface area contributed by atoms with Crippen molar-refractivity contribution in [3.05, 3.63) is 30.1 Å². The van der Waals surface area contributed by atoms with Crippen LogP contribution in [0, 0.1) is 0 Å². The van der Waals surface area contributed by atoms with E-state index in [1.807, 2.05) is 31.3 Å². The molecule has 1 unspecified atom stereocenters. The minimum atomic E-state index is -2.35. The number of pyridine rings is 1. The van der Waals surface area contributed by atoms with Crippen molar-refractivity contribution in [2.24, 2.45) is 4.99 Å². The van der Waals surface area contributed by atoms with Gasteiger partial charge in [0.15, 0.2) is 5.82 Å². The fraction of sp³-hybridized carbons (Fsp3) is 0.538. The molecule has 38 heavy (non-hydrogen) atoms. The van der Waals surface area contributed by atoms with Crippen LogP contribution >= 0.6 is 0 Å². The Morgan fingerprint density at radius 1 is 1.16 bits per heavy atom. The van der Waals surface area contributed by atoms with E-state index in [1.54, 1.807) is 11.6 Å². The Balaban J connectivity index is 1.29. The van der Waals surface area contributed by atoms with Crippen LogP contribution in [0.4, 0.5) is 30.6 Å². The Hall–Kier alpha value is -3.25. The average Bonchev–Trinajstić information content (AvgIpc) is 3.44. The molecule has 6 rings (SSSR count). The van der Waals surface area contributed by atoms with E-state index >= 15 is 0 Å². The maximum absolute atomic E-state index is 14.8. The molecule has 12 heteroatoms. The first-order chi connectivity index (χ1) is 18.4. The number of hydrogen-bond acceptors (Lipinski definition) is 8. The summed E-state index contributed by atoms with van der Waals surface area (Å²) in [6.07, 6.45) is -0.756. The van der Waals surface area contributed by atoms with Gasteiger partial charge in [0.1, 0.15) is 11.7 Å². The highest BCUT2D eigenvalue weighted by atomic mass is 19.3. The molecule has 0 aliphatic carbocycles. The summed E-state index contributed by atoms with van der Waals surface area (Å²) in [7, 11) is 1.77. The molecule has 0 amide bonds. The van der Waals surface area contributed by atoms with Gasteiger partial charge in [-0.1, -0.05) is 0 Å². The van der Waals surface area contributed by atoms with Crippen LogP contribution in [-0.2, 0) is 4.74 Å². The van der Waals surface area contributed by atoms with Crippen molar-refractivity contribution in [1.29, 1.82) is 0 Å². The second-order valence-corrected chi connectivity index (χ2v) is 10.3. The van der Waals surface area contributed by atoms with E-state index < -0.39 is 18.6 Å². The summed E-state index contributed by atoms with van der Waals surface area (Å²) in [6, 6.07) is 5.55.